The van der Waals surface area contributed by atoms with Gasteiger partial charge in [0.2, 0.25) is 5.95 Å². The fourth-order valence-corrected chi connectivity index (χ4v) is 3.28. The molecule has 1 aliphatic heterocycles. The molecule has 0 aromatic carbocycles. The smallest absolute Gasteiger partial charge is 0.263 e. The molecule has 1 unspecified atom stereocenters. The number of H-pyrrole nitrogens is 1. The highest BCUT2D eigenvalue weighted by Gasteiger charge is 2.24. The number of anilines is 1. The third-order valence-electron chi connectivity index (χ3n) is 4.53. The van der Waals surface area contributed by atoms with Gasteiger partial charge in [-0.2, -0.15) is 10.1 Å². The van der Waals surface area contributed by atoms with E-state index in [2.05, 4.69) is 29.9 Å². The van der Waals surface area contributed by atoms with Gasteiger partial charge in [-0.3, -0.25) is 14.5 Å². The number of aryl methyl sites for hydroxylation is 2. The standard InChI is InChI=1S/C16H19N7O/c1-10-17-6-5-13(19-10)11-4-3-7-23(9-11)16-20-14-12(15(24)21-16)8-18-22(14)2/h5-6,8,11H,3-4,7,9H2,1-2H3,(H,20,21,24). The summed E-state index contributed by atoms with van der Waals surface area (Å²) >= 11 is 0. The molecule has 4 rings (SSSR count). The molecular weight excluding hydrogens is 306 g/mol. The number of hydrogen-bond acceptors (Lipinski definition) is 6. The average molecular weight is 325 g/mol. The van der Waals surface area contributed by atoms with Crippen LogP contribution in [0.1, 0.15) is 30.3 Å². The Labute approximate surface area is 138 Å². The lowest BCUT2D eigenvalue weighted by molar-refractivity contribution is 0.493. The third kappa shape index (κ3) is 2.53. The van der Waals surface area contributed by atoms with Crippen molar-refractivity contribution in [2.75, 3.05) is 18.0 Å². The average Bonchev–Trinajstić information content (AvgIpc) is 2.97. The highest BCUT2D eigenvalue weighted by Crippen LogP contribution is 2.27. The second-order valence-corrected chi connectivity index (χ2v) is 6.21. The van der Waals surface area contributed by atoms with Crippen molar-refractivity contribution in [1.82, 2.24) is 29.7 Å². The number of nitrogens with one attached hydrogen (secondary N) is 1. The van der Waals surface area contributed by atoms with E-state index < -0.39 is 0 Å². The number of nitrogens with zero attached hydrogens (tertiary/aromatic N) is 6. The number of rotatable bonds is 2. The van der Waals surface area contributed by atoms with E-state index in [0.717, 1.165) is 37.4 Å². The fourth-order valence-electron chi connectivity index (χ4n) is 3.28. The first-order chi connectivity index (χ1) is 11.6. The summed E-state index contributed by atoms with van der Waals surface area (Å²) in [5.41, 5.74) is 1.51. The number of fused-ring (bicyclic) bond motifs is 1. The molecule has 1 saturated heterocycles. The summed E-state index contributed by atoms with van der Waals surface area (Å²) in [6.07, 6.45) is 5.46. The Morgan fingerprint density at radius 2 is 2.21 bits per heavy atom. The molecule has 8 heteroatoms. The van der Waals surface area contributed by atoms with E-state index in [1.807, 2.05) is 13.0 Å². The van der Waals surface area contributed by atoms with Gasteiger partial charge in [-0.05, 0) is 25.8 Å². The van der Waals surface area contributed by atoms with Crippen LogP contribution in [0.2, 0.25) is 0 Å². The molecule has 3 aromatic heterocycles. The van der Waals surface area contributed by atoms with Crippen LogP contribution >= 0.6 is 0 Å². The molecule has 0 amide bonds. The quantitative estimate of drug-likeness (QED) is 0.759. The zero-order valence-electron chi connectivity index (χ0n) is 13.7. The monoisotopic (exact) mass is 325 g/mol. The summed E-state index contributed by atoms with van der Waals surface area (Å²) < 4.78 is 1.63. The Bertz CT molecular complexity index is 945. The van der Waals surface area contributed by atoms with Crippen molar-refractivity contribution < 1.29 is 0 Å². The lowest BCUT2D eigenvalue weighted by Gasteiger charge is -2.32. The van der Waals surface area contributed by atoms with Crippen LogP contribution < -0.4 is 10.5 Å². The SMILES string of the molecule is Cc1nccc(C2CCCN(c3nc4c(cnn4C)c(=O)[nH]3)C2)n1. The van der Waals surface area contributed by atoms with E-state index in [1.165, 1.54) is 0 Å². The van der Waals surface area contributed by atoms with E-state index in [9.17, 15) is 4.79 Å². The van der Waals surface area contributed by atoms with Gasteiger partial charge in [0.1, 0.15) is 11.2 Å². The summed E-state index contributed by atoms with van der Waals surface area (Å²) in [5.74, 6) is 1.70. The molecule has 1 fully saturated rings. The number of hydrogen-bond donors (Lipinski definition) is 1. The van der Waals surface area contributed by atoms with Crippen LogP contribution in [-0.4, -0.2) is 42.8 Å². The molecule has 3 aromatic rings. The predicted octanol–water partition coefficient (Wildman–Crippen LogP) is 1.14. The van der Waals surface area contributed by atoms with E-state index in [1.54, 1.807) is 24.1 Å². The first kappa shape index (κ1) is 14.8. The molecule has 0 saturated carbocycles. The Balaban J connectivity index is 1.67. The van der Waals surface area contributed by atoms with E-state index in [4.69, 9.17) is 0 Å². The first-order valence-electron chi connectivity index (χ1n) is 8.08. The van der Waals surface area contributed by atoms with Crippen LogP contribution in [0.15, 0.2) is 23.3 Å². The number of aromatic amines is 1. The minimum Gasteiger partial charge on any atom is -0.342 e. The van der Waals surface area contributed by atoms with E-state index in [-0.39, 0.29) is 5.56 Å². The molecule has 124 valence electrons. The molecule has 4 heterocycles. The summed E-state index contributed by atoms with van der Waals surface area (Å²) in [7, 11) is 1.79. The highest BCUT2D eigenvalue weighted by molar-refractivity contribution is 5.74. The fraction of sp³-hybridized carbons (Fsp3) is 0.438. The largest absolute Gasteiger partial charge is 0.342 e. The van der Waals surface area contributed by atoms with Crippen LogP contribution in [0.5, 0.6) is 0 Å². The number of piperidine rings is 1. The van der Waals surface area contributed by atoms with Crippen LogP contribution in [-0.2, 0) is 7.05 Å². The minimum absolute atomic E-state index is 0.150. The molecule has 1 N–H and O–H groups in total. The van der Waals surface area contributed by atoms with Crippen LogP contribution in [0.25, 0.3) is 11.0 Å². The van der Waals surface area contributed by atoms with Gasteiger partial charge in [0, 0.05) is 37.9 Å². The second-order valence-electron chi connectivity index (χ2n) is 6.21. The van der Waals surface area contributed by atoms with Crippen molar-refractivity contribution in [3.63, 3.8) is 0 Å². The van der Waals surface area contributed by atoms with Crippen molar-refractivity contribution in [1.29, 1.82) is 0 Å². The van der Waals surface area contributed by atoms with Crippen LogP contribution in [0.3, 0.4) is 0 Å². The lowest BCUT2D eigenvalue weighted by atomic mass is 9.95. The maximum absolute atomic E-state index is 12.3. The van der Waals surface area contributed by atoms with Gasteiger partial charge >= 0.3 is 0 Å². The van der Waals surface area contributed by atoms with E-state index >= 15 is 0 Å². The second kappa shape index (κ2) is 5.70. The maximum Gasteiger partial charge on any atom is 0.263 e. The van der Waals surface area contributed by atoms with Crippen molar-refractivity contribution in [3.8, 4) is 0 Å². The third-order valence-corrected chi connectivity index (χ3v) is 4.53. The molecule has 0 radical (unpaired) electrons. The summed E-state index contributed by atoms with van der Waals surface area (Å²) in [5, 5.41) is 4.63. The normalized spacial score (nSPS) is 18.2. The molecule has 0 bridgehead atoms. The Kier molecular flexibility index (Phi) is 3.51. The van der Waals surface area contributed by atoms with Gasteiger partial charge in [0.15, 0.2) is 5.65 Å². The maximum atomic E-state index is 12.3. The van der Waals surface area contributed by atoms with Crippen LogP contribution in [0, 0.1) is 6.92 Å². The Morgan fingerprint density at radius 1 is 1.33 bits per heavy atom. The summed E-state index contributed by atoms with van der Waals surface area (Å²) in [6, 6.07) is 1.97. The summed E-state index contributed by atoms with van der Waals surface area (Å²) in [4.78, 5) is 30.6. The molecular formula is C16H19N7O. The molecule has 1 aliphatic rings. The van der Waals surface area contributed by atoms with Gasteiger partial charge in [-0.1, -0.05) is 0 Å². The topological polar surface area (TPSA) is 92.6 Å². The van der Waals surface area contributed by atoms with Crippen molar-refractivity contribution >= 4 is 17.0 Å². The highest BCUT2D eigenvalue weighted by atomic mass is 16.1. The van der Waals surface area contributed by atoms with Crippen molar-refractivity contribution in [2.45, 2.75) is 25.7 Å². The molecule has 8 nitrogen and oxygen atoms in total. The van der Waals surface area contributed by atoms with Gasteiger partial charge in [-0.15, -0.1) is 0 Å². The Hall–Kier alpha value is -2.77. The van der Waals surface area contributed by atoms with Gasteiger partial charge in [0.05, 0.1) is 6.20 Å². The minimum atomic E-state index is -0.150. The molecule has 24 heavy (non-hydrogen) atoms. The lowest BCUT2D eigenvalue weighted by Crippen LogP contribution is -2.37. The van der Waals surface area contributed by atoms with Gasteiger partial charge in [-0.25, -0.2) is 9.97 Å². The van der Waals surface area contributed by atoms with E-state index in [0.29, 0.717) is 22.9 Å². The van der Waals surface area contributed by atoms with Crippen molar-refractivity contribution in [2.24, 2.45) is 7.05 Å². The zero-order valence-corrected chi connectivity index (χ0v) is 13.7. The summed E-state index contributed by atoms with van der Waals surface area (Å²) in [6.45, 7) is 3.55. The number of aromatic nitrogens is 6. The predicted molar refractivity (Wildman–Crippen MR) is 90.1 cm³/mol. The van der Waals surface area contributed by atoms with Crippen molar-refractivity contribution in [3.05, 3.63) is 40.3 Å². The van der Waals surface area contributed by atoms with Crippen LogP contribution in [0.4, 0.5) is 5.95 Å². The van der Waals surface area contributed by atoms with Gasteiger partial charge < -0.3 is 4.90 Å². The molecule has 0 aliphatic carbocycles. The molecule has 0 spiro atoms. The Morgan fingerprint density at radius 3 is 3.04 bits per heavy atom. The zero-order chi connectivity index (χ0) is 16.7. The molecule has 1 atom stereocenters. The first-order valence-corrected chi connectivity index (χ1v) is 8.08. The van der Waals surface area contributed by atoms with Gasteiger partial charge in [0.25, 0.3) is 5.56 Å².